The Bertz CT molecular complexity index is 475. The lowest BCUT2D eigenvalue weighted by Crippen LogP contribution is -2.30. The number of hydrogen-bond acceptors (Lipinski definition) is 4. The first-order chi connectivity index (χ1) is 9.27. The minimum atomic E-state index is -0.185. The van der Waals surface area contributed by atoms with Crippen LogP contribution < -0.4 is 0 Å². The Hall–Kier alpha value is -1.33. The number of carbonyl (C=O) groups excluding carboxylic acids is 2. The molecule has 0 saturated carbocycles. The van der Waals surface area contributed by atoms with E-state index in [2.05, 4.69) is 4.31 Å². The standard InChI is InChI=1S/C14H16N2O2S/c17-13-11-7-3-4-8-12(11)14(18)16(13)19-15-9-5-1-2-6-10-15/h3-4,7-8H,1-2,5-6,9-10H2. The fraction of sp³-hybridized carbons (Fsp3) is 0.429. The van der Waals surface area contributed by atoms with Gasteiger partial charge in [-0.3, -0.25) is 9.59 Å². The summed E-state index contributed by atoms with van der Waals surface area (Å²) in [6.45, 7) is 1.89. The quantitative estimate of drug-likeness (QED) is 0.615. The first-order valence-electron chi connectivity index (χ1n) is 6.68. The highest BCUT2D eigenvalue weighted by atomic mass is 32.2. The Morgan fingerprint density at radius 2 is 1.37 bits per heavy atom. The molecule has 19 heavy (non-hydrogen) atoms. The third-order valence-electron chi connectivity index (χ3n) is 3.52. The van der Waals surface area contributed by atoms with Gasteiger partial charge in [-0.15, -0.1) is 0 Å². The van der Waals surface area contributed by atoms with Crippen molar-refractivity contribution in [2.75, 3.05) is 13.1 Å². The van der Waals surface area contributed by atoms with Crippen LogP contribution in [0.4, 0.5) is 0 Å². The van der Waals surface area contributed by atoms with Crippen LogP contribution in [0.25, 0.3) is 0 Å². The maximum atomic E-state index is 12.2. The van der Waals surface area contributed by atoms with E-state index >= 15 is 0 Å². The Labute approximate surface area is 117 Å². The summed E-state index contributed by atoms with van der Waals surface area (Å²) in [6, 6.07) is 7.03. The number of amides is 2. The summed E-state index contributed by atoms with van der Waals surface area (Å²) in [5.41, 5.74) is 1.05. The van der Waals surface area contributed by atoms with E-state index in [9.17, 15) is 9.59 Å². The summed E-state index contributed by atoms with van der Waals surface area (Å²) in [7, 11) is 0. The van der Waals surface area contributed by atoms with Crippen LogP contribution in [-0.2, 0) is 0 Å². The molecule has 4 nitrogen and oxygen atoms in total. The van der Waals surface area contributed by atoms with Crippen molar-refractivity contribution in [3.05, 3.63) is 35.4 Å². The summed E-state index contributed by atoms with van der Waals surface area (Å²) in [5.74, 6) is -0.371. The van der Waals surface area contributed by atoms with E-state index < -0.39 is 0 Å². The van der Waals surface area contributed by atoms with Gasteiger partial charge < -0.3 is 0 Å². The third kappa shape index (κ3) is 2.40. The molecule has 0 atom stereocenters. The highest BCUT2D eigenvalue weighted by molar-refractivity contribution is 7.95. The number of carbonyl (C=O) groups is 2. The van der Waals surface area contributed by atoms with Crippen molar-refractivity contribution >= 4 is 23.9 Å². The predicted octanol–water partition coefficient (Wildman–Crippen LogP) is 2.72. The van der Waals surface area contributed by atoms with Crippen LogP contribution in [-0.4, -0.2) is 33.5 Å². The zero-order valence-corrected chi connectivity index (χ0v) is 11.5. The van der Waals surface area contributed by atoms with Crippen LogP contribution in [0.1, 0.15) is 46.4 Å². The first-order valence-corrected chi connectivity index (χ1v) is 7.41. The summed E-state index contributed by atoms with van der Waals surface area (Å²) in [6.07, 6.45) is 4.74. The maximum absolute atomic E-state index is 12.2. The Morgan fingerprint density at radius 1 is 0.842 bits per heavy atom. The summed E-state index contributed by atoms with van der Waals surface area (Å²) >= 11 is 1.28. The molecular formula is C14H16N2O2S. The number of nitrogens with zero attached hydrogens (tertiary/aromatic N) is 2. The molecule has 1 aromatic rings. The van der Waals surface area contributed by atoms with E-state index in [0.717, 1.165) is 25.9 Å². The molecule has 2 aliphatic rings. The highest BCUT2D eigenvalue weighted by Gasteiger charge is 2.37. The number of imide groups is 1. The molecule has 0 aliphatic carbocycles. The van der Waals surface area contributed by atoms with Crippen molar-refractivity contribution in [2.24, 2.45) is 0 Å². The van der Waals surface area contributed by atoms with Crippen LogP contribution in [0.2, 0.25) is 0 Å². The van der Waals surface area contributed by atoms with E-state index in [0.29, 0.717) is 11.1 Å². The van der Waals surface area contributed by atoms with Gasteiger partial charge in [0.1, 0.15) is 0 Å². The first kappa shape index (κ1) is 12.7. The van der Waals surface area contributed by atoms with Crippen molar-refractivity contribution in [1.82, 2.24) is 8.61 Å². The highest BCUT2D eigenvalue weighted by Crippen LogP contribution is 2.31. The van der Waals surface area contributed by atoms with Gasteiger partial charge in [0.2, 0.25) is 0 Å². The molecule has 2 heterocycles. The van der Waals surface area contributed by atoms with Gasteiger partial charge in [0.05, 0.1) is 23.3 Å². The minimum absolute atomic E-state index is 0.185. The molecule has 3 rings (SSSR count). The molecule has 0 N–H and O–H groups in total. The molecule has 0 aromatic heterocycles. The van der Waals surface area contributed by atoms with E-state index in [-0.39, 0.29) is 11.8 Å². The van der Waals surface area contributed by atoms with Gasteiger partial charge in [0, 0.05) is 13.1 Å². The van der Waals surface area contributed by atoms with Crippen molar-refractivity contribution < 1.29 is 9.59 Å². The zero-order chi connectivity index (χ0) is 13.2. The van der Waals surface area contributed by atoms with Crippen molar-refractivity contribution in [3.63, 3.8) is 0 Å². The SMILES string of the molecule is O=C1c2ccccc2C(=O)N1SN1CCCCCC1. The monoisotopic (exact) mass is 276 g/mol. The molecule has 5 heteroatoms. The molecular weight excluding hydrogens is 260 g/mol. The molecule has 0 spiro atoms. The normalized spacial score (nSPS) is 20.5. The average Bonchev–Trinajstić information content (AvgIpc) is 2.65. The van der Waals surface area contributed by atoms with Crippen molar-refractivity contribution in [3.8, 4) is 0 Å². The van der Waals surface area contributed by atoms with Crippen molar-refractivity contribution in [2.45, 2.75) is 25.7 Å². The van der Waals surface area contributed by atoms with Gasteiger partial charge in [-0.1, -0.05) is 25.0 Å². The Kier molecular flexibility index (Phi) is 3.57. The van der Waals surface area contributed by atoms with Crippen LogP contribution in [0, 0.1) is 0 Å². The van der Waals surface area contributed by atoms with E-state index in [1.165, 1.54) is 29.3 Å². The predicted molar refractivity (Wildman–Crippen MR) is 74.6 cm³/mol. The number of hydrogen-bond donors (Lipinski definition) is 0. The largest absolute Gasteiger partial charge is 0.272 e. The number of rotatable bonds is 2. The molecule has 0 bridgehead atoms. The summed E-state index contributed by atoms with van der Waals surface area (Å²) in [5, 5.41) is 0. The van der Waals surface area contributed by atoms with E-state index in [4.69, 9.17) is 0 Å². The van der Waals surface area contributed by atoms with Gasteiger partial charge in [-0.2, -0.15) is 0 Å². The van der Waals surface area contributed by atoms with Crippen LogP contribution >= 0.6 is 12.1 Å². The van der Waals surface area contributed by atoms with Gasteiger partial charge >= 0.3 is 0 Å². The lowest BCUT2D eigenvalue weighted by Gasteiger charge is -2.22. The second kappa shape index (κ2) is 5.35. The molecule has 2 amide bonds. The number of fused-ring (bicyclic) bond motifs is 1. The summed E-state index contributed by atoms with van der Waals surface area (Å²) < 4.78 is 3.44. The third-order valence-corrected chi connectivity index (χ3v) is 4.61. The second-order valence-corrected chi connectivity index (χ2v) is 5.92. The van der Waals surface area contributed by atoms with E-state index in [1.54, 1.807) is 24.3 Å². The minimum Gasteiger partial charge on any atom is -0.268 e. The van der Waals surface area contributed by atoms with Gasteiger partial charge in [0.15, 0.2) is 0 Å². The summed E-state index contributed by atoms with van der Waals surface area (Å²) in [4.78, 5) is 24.4. The van der Waals surface area contributed by atoms with Crippen molar-refractivity contribution in [1.29, 1.82) is 0 Å². The average molecular weight is 276 g/mol. The zero-order valence-electron chi connectivity index (χ0n) is 10.7. The molecule has 0 radical (unpaired) electrons. The fourth-order valence-corrected chi connectivity index (χ4v) is 3.48. The van der Waals surface area contributed by atoms with Crippen LogP contribution in [0.15, 0.2) is 24.3 Å². The van der Waals surface area contributed by atoms with Crippen LogP contribution in [0.5, 0.6) is 0 Å². The Balaban J connectivity index is 1.76. The van der Waals surface area contributed by atoms with Gasteiger partial charge in [-0.05, 0) is 25.0 Å². The van der Waals surface area contributed by atoms with Gasteiger partial charge in [0.25, 0.3) is 11.8 Å². The molecule has 1 aromatic carbocycles. The smallest absolute Gasteiger partial charge is 0.268 e. The maximum Gasteiger partial charge on any atom is 0.272 e. The van der Waals surface area contributed by atoms with Crippen LogP contribution in [0.3, 0.4) is 0 Å². The van der Waals surface area contributed by atoms with Gasteiger partial charge in [-0.25, -0.2) is 8.61 Å². The molecule has 1 saturated heterocycles. The molecule has 0 unspecified atom stereocenters. The second-order valence-electron chi connectivity index (χ2n) is 4.88. The topological polar surface area (TPSA) is 40.6 Å². The number of benzene rings is 1. The lowest BCUT2D eigenvalue weighted by molar-refractivity contribution is 0.0772. The molecule has 2 aliphatic heterocycles. The fourth-order valence-electron chi connectivity index (χ4n) is 2.48. The molecule has 1 fully saturated rings. The van der Waals surface area contributed by atoms with E-state index in [1.807, 2.05) is 0 Å². The molecule has 100 valence electrons. The Morgan fingerprint density at radius 3 is 1.89 bits per heavy atom. The lowest BCUT2D eigenvalue weighted by atomic mass is 10.1.